The minimum absolute atomic E-state index is 0.0815. The molecular formula is C14H20N4O2. The molecule has 1 saturated heterocycles. The minimum Gasteiger partial charge on any atom is -0.353 e. The molecule has 3 N–H and O–H groups in total. The quantitative estimate of drug-likeness (QED) is 0.710. The Morgan fingerprint density at radius 1 is 1.45 bits per heavy atom. The van der Waals surface area contributed by atoms with Crippen LogP contribution in [0.2, 0.25) is 0 Å². The summed E-state index contributed by atoms with van der Waals surface area (Å²) in [5.41, 5.74) is 1.91. The van der Waals surface area contributed by atoms with Gasteiger partial charge in [-0.15, -0.1) is 0 Å². The smallest absolute Gasteiger partial charge is 0.243 e. The van der Waals surface area contributed by atoms with Crippen LogP contribution in [0.15, 0.2) is 24.3 Å². The molecule has 0 aromatic heterocycles. The van der Waals surface area contributed by atoms with E-state index in [9.17, 15) is 9.59 Å². The van der Waals surface area contributed by atoms with E-state index in [4.69, 9.17) is 0 Å². The summed E-state index contributed by atoms with van der Waals surface area (Å²) in [5, 5.41) is 8.44. The van der Waals surface area contributed by atoms with Gasteiger partial charge in [0.2, 0.25) is 11.8 Å². The van der Waals surface area contributed by atoms with Crippen LogP contribution in [0.3, 0.4) is 0 Å². The van der Waals surface area contributed by atoms with Crippen LogP contribution in [0.1, 0.15) is 5.56 Å². The number of anilines is 1. The highest BCUT2D eigenvalue weighted by molar-refractivity contribution is 5.96. The average Bonchev–Trinajstić information content (AvgIpc) is 2.39. The monoisotopic (exact) mass is 276 g/mol. The fraction of sp³-hybridized carbons (Fsp3) is 0.429. The molecule has 6 nitrogen and oxygen atoms in total. The highest BCUT2D eigenvalue weighted by atomic mass is 16.2. The summed E-state index contributed by atoms with van der Waals surface area (Å²) >= 11 is 0. The molecule has 0 radical (unpaired) electrons. The predicted octanol–water partition coefficient (Wildman–Crippen LogP) is -0.225. The summed E-state index contributed by atoms with van der Waals surface area (Å²) in [4.78, 5) is 25.2. The normalized spacial score (nSPS) is 18.8. The van der Waals surface area contributed by atoms with Gasteiger partial charge in [-0.1, -0.05) is 12.1 Å². The van der Waals surface area contributed by atoms with Crippen LogP contribution < -0.4 is 16.0 Å². The number of piperazine rings is 1. The summed E-state index contributed by atoms with van der Waals surface area (Å²) in [6.07, 6.45) is 0. The van der Waals surface area contributed by atoms with E-state index in [2.05, 4.69) is 20.9 Å². The molecule has 108 valence electrons. The fourth-order valence-electron chi connectivity index (χ4n) is 2.09. The molecule has 1 atom stereocenters. The van der Waals surface area contributed by atoms with Crippen molar-refractivity contribution >= 4 is 17.5 Å². The van der Waals surface area contributed by atoms with Gasteiger partial charge in [0, 0.05) is 18.8 Å². The van der Waals surface area contributed by atoms with E-state index < -0.39 is 0 Å². The number of rotatable bonds is 4. The highest BCUT2D eigenvalue weighted by Crippen LogP contribution is 2.12. The zero-order valence-electron chi connectivity index (χ0n) is 11.8. The highest BCUT2D eigenvalue weighted by Gasteiger charge is 2.23. The first-order valence-electron chi connectivity index (χ1n) is 6.59. The number of hydrogen-bond donors (Lipinski definition) is 3. The second-order valence-corrected chi connectivity index (χ2v) is 5.16. The van der Waals surface area contributed by atoms with Crippen LogP contribution in [0.25, 0.3) is 0 Å². The van der Waals surface area contributed by atoms with E-state index in [0.29, 0.717) is 6.54 Å². The summed E-state index contributed by atoms with van der Waals surface area (Å²) in [6.45, 7) is 1.32. The van der Waals surface area contributed by atoms with Crippen molar-refractivity contribution in [3.63, 3.8) is 0 Å². The fourth-order valence-corrected chi connectivity index (χ4v) is 2.09. The van der Waals surface area contributed by atoms with Gasteiger partial charge in [0.1, 0.15) is 6.04 Å². The Hall–Kier alpha value is -1.92. The molecule has 20 heavy (non-hydrogen) atoms. The number of hydrogen-bond acceptors (Lipinski definition) is 4. The maximum absolute atomic E-state index is 12.1. The van der Waals surface area contributed by atoms with Gasteiger partial charge >= 0.3 is 0 Å². The number of amides is 2. The molecule has 0 bridgehead atoms. The number of carbonyl (C=O) groups excluding carboxylic acids is 2. The summed E-state index contributed by atoms with van der Waals surface area (Å²) in [5.74, 6) is -0.214. The molecule has 1 aliphatic heterocycles. The maximum atomic E-state index is 12.1. The standard InChI is InChI=1S/C14H20N4O2/c1-18(2)9-10-4-3-5-11(6-10)17-14(20)12-7-16-13(19)8-15-12/h3-6,12,15H,7-9H2,1-2H3,(H,16,19)(H,17,20). The lowest BCUT2D eigenvalue weighted by Gasteiger charge is -2.23. The number of benzene rings is 1. The number of carbonyl (C=O) groups is 2. The van der Waals surface area contributed by atoms with Crippen molar-refractivity contribution < 1.29 is 9.59 Å². The van der Waals surface area contributed by atoms with E-state index in [1.54, 1.807) is 0 Å². The molecule has 1 heterocycles. The van der Waals surface area contributed by atoms with Crippen LogP contribution in [0, 0.1) is 0 Å². The Balaban J connectivity index is 1.95. The van der Waals surface area contributed by atoms with Crippen molar-refractivity contribution in [3.8, 4) is 0 Å². The van der Waals surface area contributed by atoms with Crippen molar-refractivity contribution in [2.24, 2.45) is 0 Å². The molecule has 6 heteroatoms. The molecule has 0 aliphatic carbocycles. The largest absolute Gasteiger partial charge is 0.353 e. The predicted molar refractivity (Wildman–Crippen MR) is 77.3 cm³/mol. The van der Waals surface area contributed by atoms with E-state index in [1.807, 2.05) is 38.4 Å². The van der Waals surface area contributed by atoms with E-state index in [1.165, 1.54) is 0 Å². The average molecular weight is 276 g/mol. The Morgan fingerprint density at radius 3 is 2.90 bits per heavy atom. The molecule has 2 amide bonds. The van der Waals surface area contributed by atoms with Gasteiger partial charge in [-0.2, -0.15) is 0 Å². The van der Waals surface area contributed by atoms with Gasteiger partial charge in [0.25, 0.3) is 0 Å². The first-order valence-corrected chi connectivity index (χ1v) is 6.59. The van der Waals surface area contributed by atoms with Crippen LogP contribution in [0.5, 0.6) is 0 Å². The Bertz CT molecular complexity index is 492. The van der Waals surface area contributed by atoms with Gasteiger partial charge in [0.05, 0.1) is 6.54 Å². The molecule has 0 saturated carbocycles. The van der Waals surface area contributed by atoms with E-state index in [0.717, 1.165) is 17.8 Å². The van der Waals surface area contributed by atoms with Crippen LogP contribution in [-0.4, -0.2) is 49.9 Å². The zero-order chi connectivity index (χ0) is 14.5. The molecule has 1 fully saturated rings. The third-order valence-corrected chi connectivity index (χ3v) is 3.02. The minimum atomic E-state index is -0.384. The number of nitrogens with one attached hydrogen (secondary N) is 3. The first-order chi connectivity index (χ1) is 9.54. The van der Waals surface area contributed by atoms with Crippen LogP contribution in [-0.2, 0) is 16.1 Å². The van der Waals surface area contributed by atoms with Crippen LogP contribution >= 0.6 is 0 Å². The van der Waals surface area contributed by atoms with Crippen LogP contribution in [0.4, 0.5) is 5.69 Å². The van der Waals surface area contributed by atoms with E-state index >= 15 is 0 Å². The molecule has 1 aliphatic rings. The van der Waals surface area contributed by atoms with Crippen molar-refractivity contribution in [2.45, 2.75) is 12.6 Å². The molecular weight excluding hydrogens is 256 g/mol. The lowest BCUT2D eigenvalue weighted by atomic mass is 10.1. The third kappa shape index (κ3) is 4.04. The third-order valence-electron chi connectivity index (χ3n) is 3.02. The van der Waals surface area contributed by atoms with Gasteiger partial charge in [-0.05, 0) is 31.8 Å². The first kappa shape index (κ1) is 14.5. The summed E-state index contributed by atoms with van der Waals surface area (Å²) in [6, 6.07) is 7.38. The Labute approximate surface area is 118 Å². The number of nitrogens with zero attached hydrogens (tertiary/aromatic N) is 1. The molecule has 1 unspecified atom stereocenters. The van der Waals surface area contributed by atoms with Gasteiger partial charge in [-0.25, -0.2) is 0 Å². The van der Waals surface area contributed by atoms with Crippen molar-refractivity contribution in [2.75, 3.05) is 32.5 Å². The Kier molecular flexibility index (Phi) is 4.70. The molecule has 1 aromatic carbocycles. The van der Waals surface area contributed by atoms with Crippen molar-refractivity contribution in [1.82, 2.24) is 15.5 Å². The molecule has 2 rings (SSSR count). The summed E-state index contributed by atoms with van der Waals surface area (Å²) in [7, 11) is 4.00. The summed E-state index contributed by atoms with van der Waals surface area (Å²) < 4.78 is 0. The zero-order valence-corrected chi connectivity index (χ0v) is 11.8. The van der Waals surface area contributed by atoms with E-state index in [-0.39, 0.29) is 24.4 Å². The van der Waals surface area contributed by atoms with Gasteiger partial charge < -0.3 is 15.5 Å². The SMILES string of the molecule is CN(C)Cc1cccc(NC(=O)C2CNC(=O)CN2)c1. The molecule has 0 spiro atoms. The lowest BCUT2D eigenvalue weighted by Crippen LogP contribution is -2.56. The maximum Gasteiger partial charge on any atom is 0.243 e. The van der Waals surface area contributed by atoms with Gasteiger partial charge in [-0.3, -0.25) is 14.9 Å². The van der Waals surface area contributed by atoms with Gasteiger partial charge in [0.15, 0.2) is 0 Å². The topological polar surface area (TPSA) is 73.5 Å². The van der Waals surface area contributed by atoms with Crippen molar-refractivity contribution in [3.05, 3.63) is 29.8 Å². The molecule has 1 aromatic rings. The Morgan fingerprint density at radius 2 is 2.25 bits per heavy atom. The van der Waals surface area contributed by atoms with Crippen molar-refractivity contribution in [1.29, 1.82) is 0 Å². The second kappa shape index (κ2) is 6.49. The lowest BCUT2D eigenvalue weighted by molar-refractivity contribution is -0.124. The second-order valence-electron chi connectivity index (χ2n) is 5.16.